The Morgan fingerprint density at radius 3 is 1.87 bits per heavy atom. The summed E-state index contributed by atoms with van der Waals surface area (Å²) >= 11 is 0. The SMILES string of the molecule is CCC(C)[C@H](NC(C)C)C(=O)N[C@@H](CCC(=O)O)C(=O)NC(CC(F)F)C(=O)C(=O)O. The molecule has 0 aromatic carbocycles. The number of Topliss-reactive ketones (excluding diaryl/α,β-unsaturated/α-hetero) is 1. The van der Waals surface area contributed by atoms with E-state index in [4.69, 9.17) is 10.2 Å². The number of hydrogen-bond acceptors (Lipinski definition) is 6. The van der Waals surface area contributed by atoms with Gasteiger partial charge in [-0.25, -0.2) is 13.6 Å². The number of amides is 2. The molecule has 0 aliphatic rings. The predicted octanol–water partition coefficient (Wildman–Crippen LogP) is 0.542. The lowest BCUT2D eigenvalue weighted by molar-refractivity contribution is -0.151. The minimum atomic E-state index is -3.08. The number of carbonyl (C=O) groups excluding carboxylic acids is 3. The van der Waals surface area contributed by atoms with Crippen molar-refractivity contribution < 1.29 is 43.0 Å². The summed E-state index contributed by atoms with van der Waals surface area (Å²) in [6, 6.07) is -4.29. The Labute approximate surface area is 179 Å². The molecule has 0 fully saturated rings. The molecule has 0 rings (SSSR count). The van der Waals surface area contributed by atoms with Gasteiger partial charge in [-0.1, -0.05) is 34.1 Å². The second kappa shape index (κ2) is 13.6. The van der Waals surface area contributed by atoms with Gasteiger partial charge < -0.3 is 26.2 Å². The molecule has 0 aliphatic carbocycles. The summed E-state index contributed by atoms with van der Waals surface area (Å²) in [6.07, 6.45) is -4.61. The van der Waals surface area contributed by atoms with Crippen molar-refractivity contribution in [2.24, 2.45) is 5.92 Å². The van der Waals surface area contributed by atoms with Crippen molar-refractivity contribution in [3.63, 3.8) is 0 Å². The van der Waals surface area contributed by atoms with Gasteiger partial charge in [0.2, 0.25) is 18.2 Å². The summed E-state index contributed by atoms with van der Waals surface area (Å²) in [5, 5.41) is 25.0. The van der Waals surface area contributed by atoms with Crippen molar-refractivity contribution in [2.75, 3.05) is 0 Å². The quantitative estimate of drug-likeness (QED) is 0.225. The molecule has 0 bridgehead atoms. The molecule has 2 amide bonds. The third-order valence-electron chi connectivity index (χ3n) is 4.55. The van der Waals surface area contributed by atoms with E-state index in [-0.39, 0.29) is 18.4 Å². The van der Waals surface area contributed by atoms with E-state index in [1.807, 2.05) is 26.1 Å². The summed E-state index contributed by atoms with van der Waals surface area (Å²) in [5.41, 5.74) is 0. The number of rotatable bonds is 15. The van der Waals surface area contributed by atoms with Crippen LogP contribution in [0.5, 0.6) is 0 Å². The minimum absolute atomic E-state index is 0.0837. The number of carboxylic acids is 2. The van der Waals surface area contributed by atoms with E-state index >= 15 is 0 Å². The van der Waals surface area contributed by atoms with Crippen LogP contribution in [0.3, 0.4) is 0 Å². The molecule has 0 saturated carbocycles. The van der Waals surface area contributed by atoms with Crippen molar-refractivity contribution >= 4 is 29.5 Å². The Balaban J connectivity index is 5.60. The molecule has 0 aliphatic heterocycles. The zero-order valence-electron chi connectivity index (χ0n) is 18.0. The van der Waals surface area contributed by atoms with Gasteiger partial charge in [-0.2, -0.15) is 0 Å². The van der Waals surface area contributed by atoms with Crippen molar-refractivity contribution in [3.05, 3.63) is 0 Å². The lowest BCUT2D eigenvalue weighted by Crippen LogP contribution is -2.57. The van der Waals surface area contributed by atoms with Crippen LogP contribution in [0.4, 0.5) is 8.78 Å². The van der Waals surface area contributed by atoms with E-state index in [9.17, 15) is 32.8 Å². The number of carbonyl (C=O) groups is 5. The lowest BCUT2D eigenvalue weighted by atomic mass is 9.97. The van der Waals surface area contributed by atoms with Crippen molar-refractivity contribution in [3.8, 4) is 0 Å². The van der Waals surface area contributed by atoms with Crippen molar-refractivity contribution in [2.45, 2.75) is 84.0 Å². The fraction of sp³-hybridized carbons (Fsp3) is 0.737. The van der Waals surface area contributed by atoms with Crippen LogP contribution < -0.4 is 16.0 Å². The van der Waals surface area contributed by atoms with E-state index in [0.717, 1.165) is 0 Å². The van der Waals surface area contributed by atoms with Gasteiger partial charge in [0.25, 0.3) is 5.78 Å². The Kier molecular flexibility index (Phi) is 12.5. The normalized spacial score (nSPS) is 15.1. The summed E-state index contributed by atoms with van der Waals surface area (Å²) in [6.45, 7) is 7.28. The first-order valence-electron chi connectivity index (χ1n) is 9.93. The summed E-state index contributed by atoms with van der Waals surface area (Å²) in [7, 11) is 0. The van der Waals surface area contributed by atoms with Crippen molar-refractivity contribution in [1.29, 1.82) is 0 Å². The molecule has 5 N–H and O–H groups in total. The summed E-state index contributed by atoms with van der Waals surface area (Å²) < 4.78 is 25.5. The van der Waals surface area contributed by atoms with Gasteiger partial charge in [0.05, 0.1) is 6.04 Å². The maximum atomic E-state index is 12.8. The highest BCUT2D eigenvalue weighted by molar-refractivity contribution is 6.35. The van der Waals surface area contributed by atoms with Gasteiger partial charge in [0.15, 0.2) is 0 Å². The van der Waals surface area contributed by atoms with Crippen LogP contribution in [0.1, 0.15) is 53.4 Å². The highest BCUT2D eigenvalue weighted by atomic mass is 19.3. The zero-order valence-corrected chi connectivity index (χ0v) is 18.0. The summed E-state index contributed by atoms with van der Waals surface area (Å²) in [4.78, 5) is 58.8. The molecule has 0 spiro atoms. The van der Waals surface area contributed by atoms with E-state index in [2.05, 4.69) is 10.6 Å². The Hall–Kier alpha value is -2.63. The predicted molar refractivity (Wildman–Crippen MR) is 106 cm³/mol. The highest BCUT2D eigenvalue weighted by Crippen LogP contribution is 2.11. The van der Waals surface area contributed by atoms with Gasteiger partial charge in [-0.05, 0) is 12.3 Å². The van der Waals surface area contributed by atoms with Gasteiger partial charge >= 0.3 is 11.9 Å². The van der Waals surface area contributed by atoms with Crippen LogP contribution in [0.15, 0.2) is 0 Å². The van der Waals surface area contributed by atoms with Gasteiger partial charge in [-0.3, -0.25) is 19.2 Å². The van der Waals surface area contributed by atoms with E-state index in [0.29, 0.717) is 6.42 Å². The maximum Gasteiger partial charge on any atom is 0.374 e. The average molecular weight is 451 g/mol. The molecule has 10 nitrogen and oxygen atoms in total. The number of ketones is 1. The first-order valence-corrected chi connectivity index (χ1v) is 9.93. The number of alkyl halides is 2. The number of hydrogen-bond donors (Lipinski definition) is 5. The van der Waals surface area contributed by atoms with Crippen LogP contribution in [-0.4, -0.2) is 70.3 Å². The molecule has 31 heavy (non-hydrogen) atoms. The second-order valence-corrected chi connectivity index (χ2v) is 7.54. The topological polar surface area (TPSA) is 162 Å². The third-order valence-corrected chi connectivity index (χ3v) is 4.55. The van der Waals surface area contributed by atoms with Gasteiger partial charge in [0.1, 0.15) is 12.1 Å². The Morgan fingerprint density at radius 1 is 0.903 bits per heavy atom. The maximum absolute atomic E-state index is 12.8. The number of carboxylic acid groups (broad SMARTS) is 2. The molecule has 2 unspecified atom stereocenters. The number of aliphatic carboxylic acids is 2. The van der Waals surface area contributed by atoms with Crippen molar-refractivity contribution in [1.82, 2.24) is 16.0 Å². The molecular weight excluding hydrogens is 420 g/mol. The second-order valence-electron chi connectivity index (χ2n) is 7.54. The van der Waals surface area contributed by atoms with Crippen LogP contribution in [-0.2, 0) is 24.0 Å². The van der Waals surface area contributed by atoms with E-state index in [1.165, 1.54) is 0 Å². The smallest absolute Gasteiger partial charge is 0.374 e. The van der Waals surface area contributed by atoms with Crippen LogP contribution in [0.2, 0.25) is 0 Å². The molecular formula is C19H31F2N3O7. The standard InChI is InChI=1S/C19H31F2N3O7/c1-5-10(4)15(22-9(2)3)18(29)23-11(6-7-14(25)26)17(28)24-12(8-13(20)21)16(27)19(30)31/h9-13,15,22H,5-8H2,1-4H3,(H,23,29)(H,24,28)(H,25,26)(H,30,31)/t10?,11-,12?,15-/m0/s1. The average Bonchev–Trinajstić information content (AvgIpc) is 2.66. The number of halogens is 2. The fourth-order valence-electron chi connectivity index (χ4n) is 2.72. The summed E-state index contributed by atoms with van der Waals surface area (Å²) in [5.74, 6) is -6.79. The van der Waals surface area contributed by atoms with Gasteiger partial charge in [-0.15, -0.1) is 0 Å². The third kappa shape index (κ3) is 10.8. The fourth-order valence-corrected chi connectivity index (χ4v) is 2.72. The Bertz CT molecular complexity index is 658. The molecule has 0 radical (unpaired) electrons. The van der Waals surface area contributed by atoms with Crippen LogP contribution in [0.25, 0.3) is 0 Å². The monoisotopic (exact) mass is 451 g/mol. The van der Waals surface area contributed by atoms with Crippen LogP contribution >= 0.6 is 0 Å². The first kappa shape index (κ1) is 28.4. The Morgan fingerprint density at radius 2 is 1.45 bits per heavy atom. The highest BCUT2D eigenvalue weighted by Gasteiger charge is 2.34. The lowest BCUT2D eigenvalue weighted by Gasteiger charge is -2.28. The molecule has 0 aromatic heterocycles. The van der Waals surface area contributed by atoms with E-state index in [1.54, 1.807) is 6.92 Å². The first-order chi connectivity index (χ1) is 14.3. The molecule has 12 heteroatoms. The molecule has 0 heterocycles. The molecule has 178 valence electrons. The van der Waals surface area contributed by atoms with Gasteiger partial charge in [0, 0.05) is 18.9 Å². The minimum Gasteiger partial charge on any atom is -0.481 e. The molecule has 0 saturated heterocycles. The molecule has 4 atom stereocenters. The van der Waals surface area contributed by atoms with Crippen LogP contribution in [0, 0.1) is 5.92 Å². The zero-order chi connectivity index (χ0) is 24.3. The number of nitrogens with one attached hydrogen (secondary N) is 3. The van der Waals surface area contributed by atoms with E-state index < -0.39 is 66.9 Å². The molecule has 0 aromatic rings. The largest absolute Gasteiger partial charge is 0.481 e.